The van der Waals surface area contributed by atoms with Gasteiger partial charge < -0.3 is 0 Å². The smallest absolute Gasteiger partial charge is 0.101 e. The summed E-state index contributed by atoms with van der Waals surface area (Å²) in [5, 5.41) is 12.0. The Morgan fingerprint density at radius 2 is 1.93 bits per heavy atom. The van der Waals surface area contributed by atoms with Gasteiger partial charge in [-0.15, -0.1) is 0 Å². The highest BCUT2D eigenvalue weighted by atomic mass is 14.9. The number of nitriles is 1. The summed E-state index contributed by atoms with van der Waals surface area (Å²) in [7, 11) is 0. The van der Waals surface area contributed by atoms with Crippen molar-refractivity contribution < 1.29 is 0 Å². The van der Waals surface area contributed by atoms with Crippen LogP contribution in [0.4, 0.5) is 0 Å². The first kappa shape index (κ1) is 10.7. The molecule has 0 spiro atoms. The fourth-order valence-corrected chi connectivity index (χ4v) is 1.20. The summed E-state index contributed by atoms with van der Waals surface area (Å²) in [4.78, 5) is 0. The Morgan fingerprint density at radius 3 is 2.50 bits per heavy atom. The van der Waals surface area contributed by atoms with E-state index in [-0.39, 0.29) is 0 Å². The van der Waals surface area contributed by atoms with E-state index in [0.717, 1.165) is 13.0 Å². The summed E-state index contributed by atoms with van der Waals surface area (Å²) in [5.74, 6) is 0. The van der Waals surface area contributed by atoms with E-state index in [1.54, 1.807) is 0 Å². The van der Waals surface area contributed by atoms with Crippen molar-refractivity contribution in [2.75, 3.05) is 6.54 Å². The van der Waals surface area contributed by atoms with Gasteiger partial charge >= 0.3 is 0 Å². The molecule has 0 saturated carbocycles. The summed E-state index contributed by atoms with van der Waals surface area (Å²) in [6, 6.07) is 12.5. The highest BCUT2D eigenvalue weighted by Crippen LogP contribution is 2.01. The standard InChI is InChI=1S/C12H16N2/c1-12(2,10-13)14-9-8-11-6-4-3-5-7-11/h3-7,14H,8-9H2,1-2H3. The lowest BCUT2D eigenvalue weighted by atomic mass is 10.1. The molecule has 2 heteroatoms. The molecule has 1 N–H and O–H groups in total. The third kappa shape index (κ3) is 3.59. The molecule has 14 heavy (non-hydrogen) atoms. The van der Waals surface area contributed by atoms with E-state index < -0.39 is 5.54 Å². The van der Waals surface area contributed by atoms with Crippen molar-refractivity contribution in [1.29, 1.82) is 5.26 Å². The van der Waals surface area contributed by atoms with Gasteiger partial charge in [-0.25, -0.2) is 0 Å². The van der Waals surface area contributed by atoms with E-state index in [4.69, 9.17) is 5.26 Å². The van der Waals surface area contributed by atoms with Crippen molar-refractivity contribution in [3.8, 4) is 6.07 Å². The third-order valence-corrected chi connectivity index (χ3v) is 2.10. The van der Waals surface area contributed by atoms with Crippen LogP contribution in [0.1, 0.15) is 19.4 Å². The predicted octanol–water partition coefficient (Wildman–Crippen LogP) is 2.12. The molecular formula is C12H16N2. The molecule has 0 fully saturated rings. The Balaban J connectivity index is 2.34. The highest BCUT2D eigenvalue weighted by Gasteiger charge is 2.13. The average molecular weight is 188 g/mol. The zero-order valence-electron chi connectivity index (χ0n) is 8.75. The first-order valence-electron chi connectivity index (χ1n) is 4.84. The molecule has 0 aliphatic carbocycles. The second-order valence-corrected chi connectivity index (χ2v) is 3.90. The van der Waals surface area contributed by atoms with Gasteiger partial charge in [0.05, 0.1) is 6.07 Å². The Morgan fingerprint density at radius 1 is 1.29 bits per heavy atom. The number of nitrogens with one attached hydrogen (secondary N) is 1. The first-order chi connectivity index (χ1) is 6.64. The molecule has 0 unspecified atom stereocenters. The van der Waals surface area contributed by atoms with Gasteiger partial charge in [0.15, 0.2) is 0 Å². The van der Waals surface area contributed by atoms with Gasteiger partial charge in [-0.2, -0.15) is 5.26 Å². The van der Waals surface area contributed by atoms with Gasteiger partial charge in [-0.1, -0.05) is 30.3 Å². The summed E-state index contributed by atoms with van der Waals surface area (Å²) in [5.41, 5.74) is 0.878. The van der Waals surface area contributed by atoms with Gasteiger partial charge in [-0.05, 0) is 25.8 Å². The van der Waals surface area contributed by atoms with E-state index in [1.165, 1.54) is 5.56 Å². The SMILES string of the molecule is CC(C)(C#N)NCCc1ccccc1. The molecule has 1 aromatic carbocycles. The highest BCUT2D eigenvalue weighted by molar-refractivity contribution is 5.15. The lowest BCUT2D eigenvalue weighted by Gasteiger charge is -2.17. The Kier molecular flexibility index (Phi) is 3.67. The Hall–Kier alpha value is -1.33. The minimum Gasteiger partial charge on any atom is -0.300 e. The molecule has 0 atom stereocenters. The maximum Gasteiger partial charge on any atom is 0.101 e. The molecule has 0 amide bonds. The molecule has 0 aromatic heterocycles. The number of rotatable bonds is 4. The van der Waals surface area contributed by atoms with Crippen LogP contribution in [0.2, 0.25) is 0 Å². The first-order valence-corrected chi connectivity index (χ1v) is 4.84. The van der Waals surface area contributed by atoms with E-state index in [9.17, 15) is 0 Å². The average Bonchev–Trinajstić information content (AvgIpc) is 2.19. The minimum atomic E-state index is -0.422. The van der Waals surface area contributed by atoms with Crippen LogP contribution >= 0.6 is 0 Å². The molecule has 74 valence electrons. The maximum atomic E-state index is 8.78. The van der Waals surface area contributed by atoms with Crippen molar-refractivity contribution >= 4 is 0 Å². The predicted molar refractivity (Wildman–Crippen MR) is 57.8 cm³/mol. The summed E-state index contributed by atoms with van der Waals surface area (Å²) >= 11 is 0. The molecule has 1 aromatic rings. The minimum absolute atomic E-state index is 0.422. The van der Waals surface area contributed by atoms with E-state index >= 15 is 0 Å². The maximum absolute atomic E-state index is 8.78. The van der Waals surface area contributed by atoms with Crippen LogP contribution in [0.5, 0.6) is 0 Å². The molecule has 0 heterocycles. The van der Waals surface area contributed by atoms with Crippen LogP contribution in [-0.4, -0.2) is 12.1 Å². The topological polar surface area (TPSA) is 35.8 Å². The normalized spacial score (nSPS) is 10.9. The zero-order chi connectivity index (χ0) is 10.4. The zero-order valence-corrected chi connectivity index (χ0v) is 8.75. The molecule has 1 rings (SSSR count). The Labute approximate surface area is 85.6 Å². The summed E-state index contributed by atoms with van der Waals surface area (Å²) < 4.78 is 0. The molecule has 0 bridgehead atoms. The van der Waals surface area contributed by atoms with Crippen LogP contribution in [0.3, 0.4) is 0 Å². The fraction of sp³-hybridized carbons (Fsp3) is 0.417. The third-order valence-electron chi connectivity index (χ3n) is 2.10. The van der Waals surface area contributed by atoms with Crippen molar-refractivity contribution in [3.05, 3.63) is 35.9 Å². The van der Waals surface area contributed by atoms with Crippen LogP contribution in [0.15, 0.2) is 30.3 Å². The number of nitrogens with zero attached hydrogens (tertiary/aromatic N) is 1. The molecule has 0 radical (unpaired) electrons. The van der Waals surface area contributed by atoms with Crippen molar-refractivity contribution in [1.82, 2.24) is 5.32 Å². The summed E-state index contributed by atoms with van der Waals surface area (Å²) in [6.45, 7) is 4.61. The van der Waals surface area contributed by atoms with Crippen molar-refractivity contribution in [2.24, 2.45) is 0 Å². The van der Waals surface area contributed by atoms with Crippen LogP contribution < -0.4 is 5.32 Å². The van der Waals surface area contributed by atoms with E-state index in [1.807, 2.05) is 32.0 Å². The number of hydrogen-bond donors (Lipinski definition) is 1. The number of hydrogen-bond acceptors (Lipinski definition) is 2. The van der Waals surface area contributed by atoms with Gasteiger partial charge in [0.1, 0.15) is 5.54 Å². The molecule has 0 aliphatic heterocycles. The second-order valence-electron chi connectivity index (χ2n) is 3.90. The molecule has 0 aliphatic rings. The second kappa shape index (κ2) is 4.78. The summed E-state index contributed by atoms with van der Waals surface area (Å²) in [6.07, 6.45) is 0.964. The van der Waals surface area contributed by atoms with Gasteiger partial charge in [0.25, 0.3) is 0 Å². The van der Waals surface area contributed by atoms with Crippen LogP contribution in [0, 0.1) is 11.3 Å². The monoisotopic (exact) mass is 188 g/mol. The molecule has 0 saturated heterocycles. The fourth-order valence-electron chi connectivity index (χ4n) is 1.20. The Bertz CT molecular complexity index is 309. The largest absolute Gasteiger partial charge is 0.300 e. The van der Waals surface area contributed by atoms with Crippen LogP contribution in [-0.2, 0) is 6.42 Å². The van der Waals surface area contributed by atoms with Crippen molar-refractivity contribution in [2.45, 2.75) is 25.8 Å². The van der Waals surface area contributed by atoms with E-state index in [0.29, 0.717) is 0 Å². The quantitative estimate of drug-likeness (QED) is 0.785. The van der Waals surface area contributed by atoms with Crippen molar-refractivity contribution in [3.63, 3.8) is 0 Å². The lowest BCUT2D eigenvalue weighted by Crippen LogP contribution is -2.38. The van der Waals surface area contributed by atoms with Gasteiger partial charge in [-0.3, -0.25) is 5.32 Å². The molecule has 2 nitrogen and oxygen atoms in total. The molecular weight excluding hydrogens is 172 g/mol. The van der Waals surface area contributed by atoms with E-state index in [2.05, 4.69) is 23.5 Å². The van der Waals surface area contributed by atoms with Gasteiger partial charge in [0, 0.05) is 6.54 Å². The van der Waals surface area contributed by atoms with Crippen LogP contribution in [0.25, 0.3) is 0 Å². The van der Waals surface area contributed by atoms with Gasteiger partial charge in [0.2, 0.25) is 0 Å². The lowest BCUT2D eigenvalue weighted by molar-refractivity contribution is 0.490. The number of benzene rings is 1.